The number of carbonyl (C=O) groups excluding carboxylic acids is 1. The summed E-state index contributed by atoms with van der Waals surface area (Å²) in [5, 5.41) is 3.78. The Kier molecular flexibility index (Phi) is 7.18. The smallest absolute Gasteiger partial charge is 0.234 e. The van der Waals surface area contributed by atoms with E-state index >= 15 is 0 Å². The predicted octanol–water partition coefficient (Wildman–Crippen LogP) is 3.35. The number of para-hydroxylation sites is 1. The molecule has 5 heteroatoms. The molecule has 1 fully saturated rings. The second-order valence-electron chi connectivity index (χ2n) is 6.45. The minimum Gasteiger partial charge on any atom is -0.491 e. The second-order valence-corrected chi connectivity index (χ2v) is 6.86. The average Bonchev–Trinajstić information content (AvgIpc) is 2.51. The number of carbonyl (C=O) groups is 1. The van der Waals surface area contributed by atoms with Crippen molar-refractivity contribution in [1.29, 1.82) is 0 Å². The number of ether oxygens (including phenoxy) is 1. The summed E-state index contributed by atoms with van der Waals surface area (Å²) in [7, 11) is 1.93. The predicted molar refractivity (Wildman–Crippen MR) is 94.0 cm³/mol. The summed E-state index contributed by atoms with van der Waals surface area (Å²) in [5.74, 6) is 1.37. The molecule has 2 rings (SSSR count). The lowest BCUT2D eigenvalue weighted by molar-refractivity contribution is -0.123. The van der Waals surface area contributed by atoms with E-state index in [1.54, 1.807) is 6.07 Å². The number of hydrogen-bond acceptors (Lipinski definition) is 3. The molecular weight excluding hydrogens is 312 g/mol. The van der Waals surface area contributed by atoms with E-state index in [2.05, 4.69) is 12.2 Å². The van der Waals surface area contributed by atoms with Crippen LogP contribution in [0.2, 0.25) is 5.02 Å². The van der Waals surface area contributed by atoms with Crippen LogP contribution in [0.1, 0.15) is 32.6 Å². The molecule has 1 aromatic carbocycles. The largest absolute Gasteiger partial charge is 0.491 e. The van der Waals surface area contributed by atoms with Crippen molar-refractivity contribution < 1.29 is 9.53 Å². The maximum absolute atomic E-state index is 12.1. The standard InChI is InChI=1S/C18H27ClN2O2/c1-14-7-3-5-9-16(14)20-18(22)13-21(2)11-12-23-17-10-6-4-8-15(17)19/h4,6,8,10,14,16H,3,5,7,9,11-13H2,1-2H3,(H,20,22). The highest BCUT2D eigenvalue weighted by Gasteiger charge is 2.22. The van der Waals surface area contributed by atoms with E-state index in [9.17, 15) is 4.79 Å². The Balaban J connectivity index is 1.66. The second kappa shape index (κ2) is 9.14. The van der Waals surface area contributed by atoms with Gasteiger partial charge in [-0.15, -0.1) is 0 Å². The third-order valence-corrected chi connectivity index (χ3v) is 4.75. The molecule has 1 aliphatic carbocycles. The third-order valence-electron chi connectivity index (χ3n) is 4.44. The van der Waals surface area contributed by atoms with Crippen molar-refractivity contribution in [2.45, 2.75) is 38.6 Å². The first-order valence-electron chi connectivity index (χ1n) is 8.41. The molecule has 0 saturated heterocycles. The third kappa shape index (κ3) is 6.04. The van der Waals surface area contributed by atoms with Gasteiger partial charge < -0.3 is 10.1 Å². The number of likely N-dealkylation sites (N-methyl/N-ethyl adjacent to an activating group) is 1. The number of amides is 1. The van der Waals surface area contributed by atoms with E-state index < -0.39 is 0 Å². The van der Waals surface area contributed by atoms with Crippen LogP contribution < -0.4 is 10.1 Å². The Labute approximate surface area is 144 Å². The maximum atomic E-state index is 12.1. The van der Waals surface area contributed by atoms with Crippen molar-refractivity contribution in [3.05, 3.63) is 29.3 Å². The normalized spacial score (nSPS) is 21.2. The van der Waals surface area contributed by atoms with Crippen LogP contribution in [-0.2, 0) is 4.79 Å². The highest BCUT2D eigenvalue weighted by atomic mass is 35.5. The molecule has 1 saturated carbocycles. The molecule has 0 aromatic heterocycles. The zero-order chi connectivity index (χ0) is 16.7. The van der Waals surface area contributed by atoms with Crippen molar-refractivity contribution in [3.63, 3.8) is 0 Å². The van der Waals surface area contributed by atoms with Gasteiger partial charge in [-0.3, -0.25) is 9.69 Å². The SMILES string of the molecule is CC1CCCCC1NC(=O)CN(C)CCOc1ccccc1Cl. The van der Waals surface area contributed by atoms with Crippen LogP contribution in [0, 0.1) is 5.92 Å². The van der Waals surface area contributed by atoms with E-state index in [0.29, 0.717) is 42.4 Å². The van der Waals surface area contributed by atoms with Crippen molar-refractivity contribution >= 4 is 17.5 Å². The van der Waals surface area contributed by atoms with Gasteiger partial charge in [0.25, 0.3) is 0 Å². The first-order valence-corrected chi connectivity index (χ1v) is 8.79. The van der Waals surface area contributed by atoms with E-state index in [1.807, 2.05) is 30.1 Å². The summed E-state index contributed by atoms with van der Waals surface area (Å²) in [6.45, 7) is 3.81. The molecule has 1 amide bonds. The molecule has 4 nitrogen and oxygen atoms in total. The van der Waals surface area contributed by atoms with Crippen LogP contribution >= 0.6 is 11.6 Å². The number of nitrogens with one attached hydrogen (secondary N) is 1. The van der Waals surface area contributed by atoms with Gasteiger partial charge in [-0.2, -0.15) is 0 Å². The molecule has 2 unspecified atom stereocenters. The molecule has 0 spiro atoms. The summed E-state index contributed by atoms with van der Waals surface area (Å²) in [4.78, 5) is 14.1. The molecule has 23 heavy (non-hydrogen) atoms. The number of benzene rings is 1. The lowest BCUT2D eigenvalue weighted by Gasteiger charge is -2.30. The molecular formula is C18H27ClN2O2. The quantitative estimate of drug-likeness (QED) is 0.829. The fraction of sp³-hybridized carbons (Fsp3) is 0.611. The van der Waals surface area contributed by atoms with Gasteiger partial charge in [0.2, 0.25) is 5.91 Å². The minimum absolute atomic E-state index is 0.101. The molecule has 1 aliphatic rings. The van der Waals surface area contributed by atoms with Crippen molar-refractivity contribution in [2.24, 2.45) is 5.92 Å². The van der Waals surface area contributed by atoms with Gasteiger partial charge in [0.05, 0.1) is 11.6 Å². The highest BCUT2D eigenvalue weighted by molar-refractivity contribution is 6.32. The van der Waals surface area contributed by atoms with Crippen molar-refractivity contribution in [2.75, 3.05) is 26.7 Å². The van der Waals surface area contributed by atoms with Gasteiger partial charge in [-0.25, -0.2) is 0 Å². The van der Waals surface area contributed by atoms with E-state index in [4.69, 9.17) is 16.3 Å². The van der Waals surface area contributed by atoms with Crippen LogP contribution in [0.15, 0.2) is 24.3 Å². The van der Waals surface area contributed by atoms with Crippen molar-refractivity contribution in [3.8, 4) is 5.75 Å². The number of nitrogens with zero attached hydrogens (tertiary/aromatic N) is 1. The Morgan fingerprint density at radius 2 is 2.09 bits per heavy atom. The van der Waals surface area contributed by atoms with Crippen LogP contribution in [0.25, 0.3) is 0 Å². The van der Waals surface area contributed by atoms with E-state index in [1.165, 1.54) is 19.3 Å². The van der Waals surface area contributed by atoms with Crippen molar-refractivity contribution in [1.82, 2.24) is 10.2 Å². The Hall–Kier alpha value is -1.26. The molecule has 1 N–H and O–H groups in total. The van der Waals surface area contributed by atoms with Crippen LogP contribution in [-0.4, -0.2) is 43.6 Å². The Bertz CT molecular complexity index is 510. The first kappa shape index (κ1) is 18.1. The van der Waals surface area contributed by atoms with Gasteiger partial charge in [0.1, 0.15) is 12.4 Å². The molecule has 0 bridgehead atoms. The van der Waals surface area contributed by atoms with Crippen LogP contribution in [0.5, 0.6) is 5.75 Å². The summed E-state index contributed by atoms with van der Waals surface area (Å²) >= 11 is 6.04. The van der Waals surface area contributed by atoms with Gasteiger partial charge in [-0.1, -0.05) is 43.5 Å². The fourth-order valence-electron chi connectivity index (χ4n) is 2.98. The lowest BCUT2D eigenvalue weighted by atomic mass is 9.86. The molecule has 2 atom stereocenters. The highest BCUT2D eigenvalue weighted by Crippen LogP contribution is 2.24. The van der Waals surface area contributed by atoms with E-state index in [-0.39, 0.29) is 5.91 Å². The number of rotatable bonds is 7. The Morgan fingerprint density at radius 3 is 2.83 bits per heavy atom. The molecule has 128 valence electrons. The zero-order valence-corrected chi connectivity index (χ0v) is 14.8. The van der Waals surface area contributed by atoms with Crippen LogP contribution in [0.4, 0.5) is 0 Å². The topological polar surface area (TPSA) is 41.6 Å². The monoisotopic (exact) mass is 338 g/mol. The maximum Gasteiger partial charge on any atom is 0.234 e. The van der Waals surface area contributed by atoms with Gasteiger partial charge in [0.15, 0.2) is 0 Å². The van der Waals surface area contributed by atoms with Gasteiger partial charge >= 0.3 is 0 Å². The Morgan fingerprint density at radius 1 is 1.35 bits per heavy atom. The van der Waals surface area contributed by atoms with Crippen LogP contribution in [0.3, 0.4) is 0 Å². The summed E-state index contributed by atoms with van der Waals surface area (Å²) in [6, 6.07) is 7.75. The molecule has 1 aromatic rings. The minimum atomic E-state index is 0.101. The fourth-order valence-corrected chi connectivity index (χ4v) is 3.17. The molecule has 0 aliphatic heterocycles. The zero-order valence-electron chi connectivity index (χ0n) is 14.1. The van der Waals surface area contributed by atoms with Gasteiger partial charge in [0, 0.05) is 12.6 Å². The summed E-state index contributed by atoms with van der Waals surface area (Å²) < 4.78 is 5.65. The number of hydrogen-bond donors (Lipinski definition) is 1. The average molecular weight is 339 g/mol. The summed E-state index contributed by atoms with van der Waals surface area (Å²) in [6.07, 6.45) is 4.82. The summed E-state index contributed by atoms with van der Waals surface area (Å²) in [5.41, 5.74) is 0. The molecule has 0 radical (unpaired) electrons. The number of halogens is 1. The van der Waals surface area contributed by atoms with Gasteiger partial charge in [-0.05, 0) is 37.9 Å². The lowest BCUT2D eigenvalue weighted by Crippen LogP contribution is -2.45. The molecule has 0 heterocycles. The first-order chi connectivity index (χ1) is 11.1. The van der Waals surface area contributed by atoms with E-state index in [0.717, 1.165) is 6.42 Å².